The second kappa shape index (κ2) is 5.63. The lowest BCUT2D eigenvalue weighted by atomic mass is 10.1. The summed E-state index contributed by atoms with van der Waals surface area (Å²) >= 11 is 3.30. The van der Waals surface area contributed by atoms with Crippen LogP contribution >= 0.6 is 15.9 Å². The van der Waals surface area contributed by atoms with Crippen molar-refractivity contribution >= 4 is 33.2 Å². The largest absolute Gasteiger partial charge is 0.397 e. The molecule has 0 aliphatic carbocycles. The minimum Gasteiger partial charge on any atom is -0.397 e. The number of halogens is 2. The summed E-state index contributed by atoms with van der Waals surface area (Å²) in [4.78, 5) is 13.7. The van der Waals surface area contributed by atoms with Gasteiger partial charge in [0.15, 0.2) is 0 Å². The van der Waals surface area contributed by atoms with E-state index in [-0.39, 0.29) is 5.56 Å². The van der Waals surface area contributed by atoms with Gasteiger partial charge in [0.05, 0.1) is 16.9 Å². The van der Waals surface area contributed by atoms with Gasteiger partial charge in [0.2, 0.25) is 0 Å². The predicted molar refractivity (Wildman–Crippen MR) is 82.4 cm³/mol. The minimum absolute atomic E-state index is 0.0282. The molecular weight excluding hydrogens is 323 g/mol. The maximum atomic E-state index is 13.9. The van der Waals surface area contributed by atoms with Crippen LogP contribution in [0.1, 0.15) is 15.9 Å². The topological polar surface area (TPSA) is 46.3 Å². The molecule has 2 N–H and O–H groups in total. The average molecular weight is 337 g/mol. The maximum absolute atomic E-state index is 13.9. The summed E-state index contributed by atoms with van der Waals surface area (Å²) < 4.78 is 14.7. The lowest BCUT2D eigenvalue weighted by molar-refractivity contribution is 0.0989. The van der Waals surface area contributed by atoms with Gasteiger partial charge in [0, 0.05) is 11.5 Å². The number of hydrogen-bond donors (Lipinski definition) is 1. The number of carbonyl (C=O) groups is 1. The number of anilines is 2. The van der Waals surface area contributed by atoms with Gasteiger partial charge in [-0.1, -0.05) is 22.0 Å². The first-order chi connectivity index (χ1) is 9.40. The number of aryl methyl sites for hydroxylation is 1. The van der Waals surface area contributed by atoms with Gasteiger partial charge in [-0.15, -0.1) is 0 Å². The third-order valence-electron chi connectivity index (χ3n) is 3.01. The van der Waals surface area contributed by atoms with Crippen LogP contribution in [0.15, 0.2) is 40.9 Å². The van der Waals surface area contributed by atoms with Crippen LogP contribution in [0.25, 0.3) is 0 Å². The molecule has 5 heteroatoms. The molecule has 20 heavy (non-hydrogen) atoms. The number of nitrogens with two attached hydrogens (primary N) is 1. The highest BCUT2D eigenvalue weighted by atomic mass is 79.9. The first-order valence-electron chi connectivity index (χ1n) is 5.99. The zero-order valence-electron chi connectivity index (χ0n) is 11.2. The van der Waals surface area contributed by atoms with E-state index in [9.17, 15) is 9.18 Å². The van der Waals surface area contributed by atoms with E-state index in [1.807, 2.05) is 0 Å². The molecule has 2 rings (SSSR count). The Bertz CT molecular complexity index is 673. The van der Waals surface area contributed by atoms with Crippen LogP contribution in [0, 0.1) is 12.7 Å². The average Bonchev–Trinajstić information content (AvgIpc) is 2.37. The van der Waals surface area contributed by atoms with Crippen molar-refractivity contribution < 1.29 is 9.18 Å². The van der Waals surface area contributed by atoms with E-state index in [0.29, 0.717) is 11.4 Å². The number of amides is 1. The molecule has 0 bridgehead atoms. The molecule has 3 nitrogen and oxygen atoms in total. The first kappa shape index (κ1) is 14.5. The molecule has 0 radical (unpaired) electrons. The van der Waals surface area contributed by atoms with Crippen LogP contribution in [0.2, 0.25) is 0 Å². The Labute approximate surface area is 125 Å². The highest BCUT2D eigenvalue weighted by molar-refractivity contribution is 9.10. The summed E-state index contributed by atoms with van der Waals surface area (Å²) in [7, 11) is 1.57. The molecule has 0 heterocycles. The van der Waals surface area contributed by atoms with Crippen LogP contribution in [0.5, 0.6) is 0 Å². The summed E-state index contributed by atoms with van der Waals surface area (Å²) in [6, 6.07) is 9.72. The molecule has 104 valence electrons. The Hall–Kier alpha value is -1.88. The van der Waals surface area contributed by atoms with E-state index in [0.717, 1.165) is 10.0 Å². The standard InChI is InChI=1S/C15H14BrFN2O/c1-9-3-5-11(12(17)7-9)15(20)19(2)14-6-4-10(16)8-13(14)18/h3-8H,18H2,1-2H3. The van der Waals surface area contributed by atoms with Gasteiger partial charge < -0.3 is 10.6 Å². The number of nitrogens with zero attached hydrogens (tertiary/aromatic N) is 1. The van der Waals surface area contributed by atoms with Crippen LogP contribution < -0.4 is 10.6 Å². The summed E-state index contributed by atoms with van der Waals surface area (Å²) in [5.41, 5.74) is 7.67. The number of nitrogen functional groups attached to an aromatic ring is 1. The van der Waals surface area contributed by atoms with Crippen molar-refractivity contribution in [1.29, 1.82) is 0 Å². The van der Waals surface area contributed by atoms with Gasteiger partial charge in [0.1, 0.15) is 5.82 Å². The minimum atomic E-state index is -0.530. The zero-order valence-corrected chi connectivity index (χ0v) is 12.7. The van der Waals surface area contributed by atoms with E-state index in [1.165, 1.54) is 17.0 Å². The predicted octanol–water partition coefficient (Wildman–Crippen LogP) is 3.76. The van der Waals surface area contributed by atoms with Crippen molar-refractivity contribution in [1.82, 2.24) is 0 Å². The fraction of sp³-hybridized carbons (Fsp3) is 0.133. The van der Waals surface area contributed by atoms with Crippen molar-refractivity contribution in [3.8, 4) is 0 Å². The van der Waals surface area contributed by atoms with Gasteiger partial charge in [-0.2, -0.15) is 0 Å². The Morgan fingerprint density at radius 1 is 1.25 bits per heavy atom. The molecule has 0 aromatic heterocycles. The van der Waals surface area contributed by atoms with Gasteiger partial charge in [-0.05, 0) is 42.8 Å². The summed E-state index contributed by atoms with van der Waals surface area (Å²) in [6.07, 6.45) is 0. The monoisotopic (exact) mass is 336 g/mol. The Morgan fingerprint density at radius 3 is 2.55 bits per heavy atom. The molecule has 0 atom stereocenters. The molecule has 0 spiro atoms. The molecule has 0 fully saturated rings. The third-order valence-corrected chi connectivity index (χ3v) is 3.50. The van der Waals surface area contributed by atoms with E-state index in [1.54, 1.807) is 38.2 Å². The molecule has 2 aromatic carbocycles. The van der Waals surface area contributed by atoms with Crippen LogP contribution in [-0.4, -0.2) is 13.0 Å². The smallest absolute Gasteiger partial charge is 0.261 e. The van der Waals surface area contributed by atoms with Crippen molar-refractivity contribution in [2.75, 3.05) is 17.7 Å². The van der Waals surface area contributed by atoms with Crippen LogP contribution in [0.4, 0.5) is 15.8 Å². The quantitative estimate of drug-likeness (QED) is 0.849. The number of hydrogen-bond acceptors (Lipinski definition) is 2. The van der Waals surface area contributed by atoms with Crippen molar-refractivity contribution in [2.24, 2.45) is 0 Å². The maximum Gasteiger partial charge on any atom is 0.261 e. The molecule has 0 saturated carbocycles. The van der Waals surface area contributed by atoms with E-state index < -0.39 is 11.7 Å². The number of carbonyl (C=O) groups excluding carboxylic acids is 1. The fourth-order valence-electron chi connectivity index (χ4n) is 1.91. The molecule has 0 aliphatic rings. The summed E-state index contributed by atoms with van der Waals surface area (Å²) in [5.74, 6) is -0.964. The second-order valence-electron chi connectivity index (χ2n) is 4.55. The SMILES string of the molecule is Cc1ccc(C(=O)N(C)c2ccc(Br)cc2N)c(F)c1. The molecule has 0 unspecified atom stereocenters. The second-order valence-corrected chi connectivity index (χ2v) is 5.47. The zero-order chi connectivity index (χ0) is 14.9. The Balaban J connectivity index is 2.37. The Morgan fingerprint density at radius 2 is 1.95 bits per heavy atom. The first-order valence-corrected chi connectivity index (χ1v) is 6.78. The molecule has 1 amide bonds. The lowest BCUT2D eigenvalue weighted by Gasteiger charge is -2.20. The summed E-state index contributed by atoms with van der Waals surface area (Å²) in [5, 5.41) is 0. The lowest BCUT2D eigenvalue weighted by Crippen LogP contribution is -2.27. The third kappa shape index (κ3) is 2.82. The normalized spacial score (nSPS) is 10.4. The highest BCUT2D eigenvalue weighted by Crippen LogP contribution is 2.27. The Kier molecular flexibility index (Phi) is 4.09. The number of rotatable bonds is 2. The van der Waals surface area contributed by atoms with Crippen LogP contribution in [0.3, 0.4) is 0 Å². The number of benzene rings is 2. The summed E-state index contributed by atoms with van der Waals surface area (Å²) in [6.45, 7) is 1.77. The van der Waals surface area contributed by atoms with E-state index in [2.05, 4.69) is 15.9 Å². The van der Waals surface area contributed by atoms with Gasteiger partial charge in [0.25, 0.3) is 5.91 Å². The van der Waals surface area contributed by atoms with Crippen molar-refractivity contribution in [3.05, 3.63) is 57.8 Å². The molecule has 0 saturated heterocycles. The fourth-order valence-corrected chi connectivity index (χ4v) is 2.29. The van der Waals surface area contributed by atoms with Gasteiger partial charge in [-0.25, -0.2) is 4.39 Å². The van der Waals surface area contributed by atoms with Gasteiger partial charge >= 0.3 is 0 Å². The molecule has 2 aromatic rings. The van der Waals surface area contributed by atoms with E-state index >= 15 is 0 Å². The molecule has 0 aliphatic heterocycles. The van der Waals surface area contributed by atoms with Crippen molar-refractivity contribution in [2.45, 2.75) is 6.92 Å². The van der Waals surface area contributed by atoms with E-state index in [4.69, 9.17) is 5.73 Å². The van der Waals surface area contributed by atoms with Crippen molar-refractivity contribution in [3.63, 3.8) is 0 Å². The van der Waals surface area contributed by atoms with Gasteiger partial charge in [-0.3, -0.25) is 4.79 Å². The van der Waals surface area contributed by atoms with Crippen LogP contribution in [-0.2, 0) is 0 Å². The highest BCUT2D eigenvalue weighted by Gasteiger charge is 2.19. The molecular formula is C15H14BrFN2O.